The van der Waals surface area contributed by atoms with Crippen molar-refractivity contribution in [2.75, 3.05) is 20.7 Å². The number of nitrogens with zero attached hydrogens (tertiary/aromatic N) is 2. The number of hydrogen-bond donors (Lipinski definition) is 4. The molecule has 0 atom stereocenters. The van der Waals surface area contributed by atoms with E-state index < -0.39 is 41.3 Å². The molecule has 0 spiro atoms. The van der Waals surface area contributed by atoms with Crippen LogP contribution in [0, 0.1) is 0 Å². The molecule has 14 nitrogen and oxygen atoms in total. The monoisotopic (exact) mass is 998 g/mol. The van der Waals surface area contributed by atoms with E-state index in [1.165, 1.54) is 71.2 Å². The number of fused-ring (bicyclic) bond motifs is 7. The number of phenolic OH excluding ortho intramolecular Hbond substituents is 1. The van der Waals surface area contributed by atoms with Gasteiger partial charge < -0.3 is 33.6 Å². The van der Waals surface area contributed by atoms with Gasteiger partial charge in [-0.2, -0.15) is 16.8 Å². The van der Waals surface area contributed by atoms with Gasteiger partial charge in [0.2, 0.25) is 0 Å². The highest BCUT2D eigenvalue weighted by Gasteiger charge is 2.32. The second-order valence-corrected chi connectivity index (χ2v) is 21.0. The highest BCUT2D eigenvalue weighted by Crippen LogP contribution is 2.49. The highest BCUT2D eigenvalue weighted by molar-refractivity contribution is 7.86. The minimum absolute atomic E-state index is 0.00458. The van der Waals surface area contributed by atoms with Gasteiger partial charge in [0.15, 0.2) is 5.58 Å². The lowest BCUT2D eigenvalue weighted by Gasteiger charge is -2.31. The Balaban J connectivity index is 0.000000150. The number of likely N-dealkylation sites (N-methyl/N-ethyl adjacent to an activating group) is 1. The van der Waals surface area contributed by atoms with Crippen molar-refractivity contribution >= 4 is 59.0 Å². The summed E-state index contributed by atoms with van der Waals surface area (Å²) in [5, 5.41) is 22.7. The average Bonchev–Trinajstić information content (AvgIpc) is 3.62. The van der Waals surface area contributed by atoms with Crippen LogP contribution in [0.4, 0.5) is 0 Å². The van der Waals surface area contributed by atoms with Crippen LogP contribution in [0.1, 0.15) is 55.6 Å². The zero-order chi connectivity index (χ0) is 51.0. The number of benzene rings is 6. The first-order chi connectivity index (χ1) is 33.7. The molecule has 0 radical (unpaired) electrons. The standard InChI is InChI=1S/C26H26O6.C19H20N2.C10H8O6S2/c1-14(2)6-11-17-22-18(12-13-26(3,4)32-22)24-20(23(17)30-5)21(28)19(25(29)31-24)15-7-9-16(27)10-8-15;1-20-12-11-19-17(14-20)16-9-5-6-10-18(16)21(19)13-15-7-3-2-4-8-15;11-17(12,13)9-5-1-3-7-8(9)4-2-6-10(7)18(14,15)16/h6-10,12-13,27-28H,11H2,1-5H3;2-10H,11-14H2,1H3;1-6H,(H,11,12,13)(H,14,15,16). The predicted molar refractivity (Wildman–Crippen MR) is 276 cm³/mol. The van der Waals surface area contributed by atoms with E-state index in [4.69, 9.17) is 23.0 Å². The molecule has 0 amide bonds. The number of hydrogen-bond acceptors (Lipinski definition) is 11. The number of aromatic nitrogens is 1. The molecule has 10 rings (SSSR count). The first-order valence-corrected chi connectivity index (χ1v) is 25.6. The molecule has 2 aromatic heterocycles. The zero-order valence-electron chi connectivity index (χ0n) is 40.0. The van der Waals surface area contributed by atoms with E-state index in [1.54, 1.807) is 12.1 Å². The topological polar surface area (TPSA) is 206 Å². The van der Waals surface area contributed by atoms with Crippen LogP contribution in [-0.4, -0.2) is 71.9 Å². The van der Waals surface area contributed by atoms with Gasteiger partial charge in [-0.3, -0.25) is 9.11 Å². The third-order valence-corrected chi connectivity index (χ3v) is 14.2. The van der Waals surface area contributed by atoms with Crippen molar-refractivity contribution in [3.63, 3.8) is 0 Å². The molecule has 0 unspecified atom stereocenters. The first-order valence-electron chi connectivity index (χ1n) is 22.7. The van der Waals surface area contributed by atoms with E-state index in [9.17, 15) is 31.8 Å². The third-order valence-electron chi connectivity index (χ3n) is 12.4. The molecule has 0 aliphatic carbocycles. The number of rotatable bonds is 8. The van der Waals surface area contributed by atoms with Crippen molar-refractivity contribution in [1.29, 1.82) is 0 Å². The SMILES string of the molecule is CN1CCc2c(c3ccccc3n2Cc2ccccc2)C1.COc1c(CC=C(C)C)c2c(c3oc(=O)c(-c4ccc(O)cc4)c(O)c13)C=CC(C)(C)O2.O=S(=O)(O)c1cccc2c(S(=O)(=O)O)cccc12. The lowest BCUT2D eigenvalue weighted by molar-refractivity contribution is 0.157. The normalized spacial score (nSPS) is 14.1. The molecule has 8 aromatic rings. The van der Waals surface area contributed by atoms with Crippen molar-refractivity contribution in [3.05, 3.63) is 171 Å². The van der Waals surface area contributed by atoms with Crippen LogP contribution in [0.5, 0.6) is 23.0 Å². The smallest absolute Gasteiger partial charge is 0.348 e. The number of allylic oxidation sites excluding steroid dienone is 2. The molecular formula is C55H54N2O12S2. The summed E-state index contributed by atoms with van der Waals surface area (Å²) in [5.41, 5.74) is 7.65. The molecular weight excluding hydrogens is 945 g/mol. The summed E-state index contributed by atoms with van der Waals surface area (Å²) in [6.45, 7) is 11.1. The number of ether oxygens (including phenoxy) is 2. The van der Waals surface area contributed by atoms with Crippen LogP contribution >= 0.6 is 0 Å². The molecule has 0 saturated carbocycles. The van der Waals surface area contributed by atoms with Crippen molar-refractivity contribution in [1.82, 2.24) is 9.47 Å². The summed E-state index contributed by atoms with van der Waals surface area (Å²) in [6.07, 6.45) is 7.45. The zero-order valence-corrected chi connectivity index (χ0v) is 41.6. The lowest BCUT2D eigenvalue weighted by atomic mass is 9.93. The van der Waals surface area contributed by atoms with Crippen LogP contribution < -0.4 is 15.1 Å². The maximum atomic E-state index is 12.9. The largest absolute Gasteiger partial charge is 0.508 e. The fraction of sp³-hybridized carbons (Fsp3) is 0.218. The molecule has 2 aliphatic rings. The molecule has 71 heavy (non-hydrogen) atoms. The summed E-state index contributed by atoms with van der Waals surface area (Å²) in [6, 6.07) is 33.1. The van der Waals surface area contributed by atoms with E-state index in [1.807, 2.05) is 39.8 Å². The molecule has 4 heterocycles. The Morgan fingerprint density at radius 3 is 2.01 bits per heavy atom. The van der Waals surface area contributed by atoms with Gasteiger partial charge in [-0.05, 0) is 100 Å². The van der Waals surface area contributed by atoms with E-state index in [0.717, 1.165) is 49.3 Å². The van der Waals surface area contributed by atoms with Crippen LogP contribution in [-0.2, 0) is 46.2 Å². The van der Waals surface area contributed by atoms with Crippen molar-refractivity contribution in [2.45, 2.75) is 69.0 Å². The quantitative estimate of drug-likeness (QED) is 0.0636. The summed E-state index contributed by atoms with van der Waals surface area (Å²) >= 11 is 0. The van der Waals surface area contributed by atoms with Crippen molar-refractivity contribution in [2.24, 2.45) is 0 Å². The minimum atomic E-state index is -4.47. The molecule has 0 fully saturated rings. The Morgan fingerprint density at radius 2 is 1.41 bits per heavy atom. The second kappa shape index (κ2) is 19.9. The molecule has 0 saturated heterocycles. The van der Waals surface area contributed by atoms with Gasteiger partial charge in [-0.1, -0.05) is 96.6 Å². The summed E-state index contributed by atoms with van der Waals surface area (Å²) in [5.74, 6) is 0.778. The van der Waals surface area contributed by atoms with E-state index in [0.29, 0.717) is 34.4 Å². The Labute approximate surface area is 411 Å². The fourth-order valence-electron chi connectivity index (χ4n) is 9.08. The Hall–Kier alpha value is -7.21. The van der Waals surface area contributed by atoms with Gasteiger partial charge in [-0.15, -0.1) is 0 Å². The van der Waals surface area contributed by atoms with E-state index in [-0.39, 0.29) is 33.4 Å². The summed E-state index contributed by atoms with van der Waals surface area (Å²) < 4.78 is 83.0. The lowest BCUT2D eigenvalue weighted by Crippen LogP contribution is -2.28. The van der Waals surface area contributed by atoms with Gasteiger partial charge in [-0.25, -0.2) is 4.79 Å². The average molecular weight is 999 g/mol. The Kier molecular flexibility index (Phi) is 14.1. The van der Waals surface area contributed by atoms with Crippen LogP contribution in [0.25, 0.3) is 49.8 Å². The van der Waals surface area contributed by atoms with Gasteiger partial charge in [0.1, 0.15) is 49.3 Å². The van der Waals surface area contributed by atoms with Gasteiger partial charge in [0.25, 0.3) is 20.2 Å². The molecule has 6 aromatic carbocycles. The molecule has 0 bridgehead atoms. The predicted octanol–water partition coefficient (Wildman–Crippen LogP) is 10.6. The first kappa shape index (κ1) is 50.2. The van der Waals surface area contributed by atoms with Crippen LogP contribution in [0.2, 0.25) is 0 Å². The number of para-hydroxylation sites is 1. The molecule has 368 valence electrons. The van der Waals surface area contributed by atoms with E-state index in [2.05, 4.69) is 77.2 Å². The Morgan fingerprint density at radius 1 is 0.803 bits per heavy atom. The maximum absolute atomic E-state index is 12.9. The van der Waals surface area contributed by atoms with Gasteiger partial charge >= 0.3 is 5.63 Å². The second-order valence-electron chi connectivity index (χ2n) is 18.2. The van der Waals surface area contributed by atoms with Crippen LogP contribution in [0.15, 0.2) is 152 Å². The Bertz CT molecular complexity index is 3610. The third kappa shape index (κ3) is 10.5. The van der Waals surface area contributed by atoms with Crippen molar-refractivity contribution < 1.29 is 50.0 Å². The number of aromatic hydroxyl groups is 2. The summed E-state index contributed by atoms with van der Waals surface area (Å²) in [7, 11) is -5.21. The number of methoxy groups -OCH3 is 1. The number of phenols is 1. The van der Waals surface area contributed by atoms with Crippen molar-refractivity contribution in [3.8, 4) is 34.1 Å². The van der Waals surface area contributed by atoms with Gasteiger partial charge in [0, 0.05) is 59.0 Å². The fourth-order valence-corrected chi connectivity index (χ4v) is 10.5. The summed E-state index contributed by atoms with van der Waals surface area (Å²) in [4.78, 5) is 14.5. The highest BCUT2D eigenvalue weighted by atomic mass is 32.2. The molecule has 4 N–H and O–H groups in total. The van der Waals surface area contributed by atoms with Gasteiger partial charge in [0.05, 0.1) is 12.7 Å². The minimum Gasteiger partial charge on any atom is -0.508 e. The molecule has 2 aliphatic heterocycles. The molecule has 16 heteroatoms. The van der Waals surface area contributed by atoms with E-state index >= 15 is 0 Å². The maximum Gasteiger partial charge on any atom is 0.348 e. The van der Waals surface area contributed by atoms with Crippen LogP contribution in [0.3, 0.4) is 0 Å².